The summed E-state index contributed by atoms with van der Waals surface area (Å²) in [7, 11) is 0. The van der Waals surface area contributed by atoms with E-state index in [0.29, 0.717) is 25.3 Å². The van der Waals surface area contributed by atoms with E-state index in [2.05, 4.69) is 17.4 Å². The summed E-state index contributed by atoms with van der Waals surface area (Å²) in [5.74, 6) is -0.353. The number of benzene rings is 1. The summed E-state index contributed by atoms with van der Waals surface area (Å²) >= 11 is 0. The Kier molecular flexibility index (Phi) is 8.17. The van der Waals surface area contributed by atoms with Crippen LogP contribution < -0.4 is 5.32 Å². The van der Waals surface area contributed by atoms with Gasteiger partial charge >= 0.3 is 5.97 Å². The number of carbonyl (C=O) groups is 2. The van der Waals surface area contributed by atoms with E-state index in [-0.39, 0.29) is 12.3 Å². The molecular formula is C17H25NO3. The predicted octanol–water partition coefficient (Wildman–Crippen LogP) is 3.02. The smallest absolute Gasteiger partial charge is 0.303 e. The molecule has 0 heterocycles. The monoisotopic (exact) mass is 291 g/mol. The highest BCUT2D eigenvalue weighted by Crippen LogP contribution is 2.09. The largest absolute Gasteiger partial charge is 0.481 e. The minimum Gasteiger partial charge on any atom is -0.481 e. The quantitative estimate of drug-likeness (QED) is 0.696. The van der Waals surface area contributed by atoms with Gasteiger partial charge in [-0.05, 0) is 37.2 Å². The standard InChI is InChI=1S/C17H25NO3/c1-14(10-11-17(20)21)12-13-18-16(19)9-5-8-15-6-3-2-4-7-15/h2-4,6-7,14H,5,8-13H2,1H3,(H,18,19)(H,20,21). The van der Waals surface area contributed by atoms with Crippen LogP contribution in [-0.2, 0) is 16.0 Å². The van der Waals surface area contributed by atoms with Gasteiger partial charge in [0.05, 0.1) is 0 Å². The molecule has 1 unspecified atom stereocenters. The van der Waals surface area contributed by atoms with Gasteiger partial charge in [-0.3, -0.25) is 9.59 Å². The van der Waals surface area contributed by atoms with Gasteiger partial charge in [-0.15, -0.1) is 0 Å². The number of carbonyl (C=O) groups excluding carboxylic acids is 1. The number of carboxylic acid groups (broad SMARTS) is 1. The topological polar surface area (TPSA) is 66.4 Å². The van der Waals surface area contributed by atoms with E-state index >= 15 is 0 Å². The molecule has 0 saturated carbocycles. The Morgan fingerprint density at radius 2 is 1.86 bits per heavy atom. The van der Waals surface area contributed by atoms with Gasteiger partial charge < -0.3 is 10.4 Å². The molecule has 4 heteroatoms. The molecule has 0 aliphatic rings. The summed E-state index contributed by atoms with van der Waals surface area (Å²) in [6.45, 7) is 2.65. The summed E-state index contributed by atoms with van der Waals surface area (Å²) in [4.78, 5) is 22.1. The first-order valence-electron chi connectivity index (χ1n) is 7.60. The number of carboxylic acids is 1. The summed E-state index contributed by atoms with van der Waals surface area (Å²) in [5, 5.41) is 11.5. The first kappa shape index (κ1) is 17.2. The van der Waals surface area contributed by atoms with Crippen molar-refractivity contribution in [2.75, 3.05) is 6.54 Å². The highest BCUT2D eigenvalue weighted by molar-refractivity contribution is 5.75. The summed E-state index contributed by atoms with van der Waals surface area (Å²) in [6.07, 6.45) is 4.01. The van der Waals surface area contributed by atoms with E-state index in [4.69, 9.17) is 5.11 Å². The van der Waals surface area contributed by atoms with Crippen LogP contribution in [0.25, 0.3) is 0 Å². The third-order valence-corrected chi connectivity index (χ3v) is 3.52. The van der Waals surface area contributed by atoms with Crippen molar-refractivity contribution in [1.82, 2.24) is 5.32 Å². The molecule has 1 aromatic rings. The maximum absolute atomic E-state index is 11.7. The zero-order valence-electron chi connectivity index (χ0n) is 12.7. The molecule has 2 N–H and O–H groups in total. The van der Waals surface area contributed by atoms with Crippen molar-refractivity contribution in [2.45, 2.75) is 45.4 Å². The number of aryl methyl sites for hydroxylation is 1. The molecule has 0 fully saturated rings. The van der Waals surface area contributed by atoms with Gasteiger partial charge in [0.2, 0.25) is 5.91 Å². The van der Waals surface area contributed by atoms with E-state index in [0.717, 1.165) is 19.3 Å². The van der Waals surface area contributed by atoms with Gasteiger partial charge in [-0.25, -0.2) is 0 Å². The van der Waals surface area contributed by atoms with E-state index in [1.807, 2.05) is 25.1 Å². The molecule has 1 rings (SSSR count). The fourth-order valence-corrected chi connectivity index (χ4v) is 2.16. The molecular weight excluding hydrogens is 266 g/mol. The van der Waals surface area contributed by atoms with Crippen molar-refractivity contribution in [3.8, 4) is 0 Å². The molecule has 1 aromatic carbocycles. The fourth-order valence-electron chi connectivity index (χ4n) is 2.16. The van der Waals surface area contributed by atoms with E-state index < -0.39 is 5.97 Å². The second-order valence-electron chi connectivity index (χ2n) is 5.52. The van der Waals surface area contributed by atoms with Crippen LogP contribution >= 0.6 is 0 Å². The minimum atomic E-state index is -0.758. The zero-order chi connectivity index (χ0) is 15.5. The fraction of sp³-hybridized carbons (Fsp3) is 0.529. The zero-order valence-corrected chi connectivity index (χ0v) is 12.7. The Morgan fingerprint density at radius 3 is 2.52 bits per heavy atom. The van der Waals surface area contributed by atoms with Gasteiger partial charge in [-0.1, -0.05) is 37.3 Å². The van der Waals surface area contributed by atoms with Crippen LogP contribution in [0.2, 0.25) is 0 Å². The number of amides is 1. The lowest BCUT2D eigenvalue weighted by atomic mass is 10.0. The third kappa shape index (κ3) is 8.84. The van der Waals surface area contributed by atoms with Crippen LogP contribution in [-0.4, -0.2) is 23.5 Å². The lowest BCUT2D eigenvalue weighted by molar-refractivity contribution is -0.137. The van der Waals surface area contributed by atoms with Gasteiger partial charge in [0.15, 0.2) is 0 Å². The first-order valence-corrected chi connectivity index (χ1v) is 7.60. The van der Waals surface area contributed by atoms with Gasteiger partial charge in [-0.2, -0.15) is 0 Å². The van der Waals surface area contributed by atoms with Crippen LogP contribution in [0, 0.1) is 5.92 Å². The molecule has 0 saturated heterocycles. The first-order chi connectivity index (χ1) is 10.1. The predicted molar refractivity (Wildman–Crippen MR) is 83.0 cm³/mol. The number of rotatable bonds is 10. The van der Waals surface area contributed by atoms with Crippen molar-refractivity contribution in [1.29, 1.82) is 0 Å². The van der Waals surface area contributed by atoms with Crippen LogP contribution in [0.3, 0.4) is 0 Å². The Labute approximate surface area is 126 Å². The van der Waals surface area contributed by atoms with Crippen molar-refractivity contribution < 1.29 is 14.7 Å². The summed E-state index contributed by atoms with van der Waals surface area (Å²) < 4.78 is 0. The molecule has 0 bridgehead atoms. The van der Waals surface area contributed by atoms with Crippen molar-refractivity contribution in [2.24, 2.45) is 5.92 Å². The maximum atomic E-state index is 11.7. The molecule has 1 atom stereocenters. The SMILES string of the molecule is CC(CCNC(=O)CCCc1ccccc1)CCC(=O)O. The van der Waals surface area contributed by atoms with Crippen molar-refractivity contribution in [3.63, 3.8) is 0 Å². The second kappa shape index (κ2) is 9.97. The Hall–Kier alpha value is -1.84. The molecule has 4 nitrogen and oxygen atoms in total. The molecule has 0 aromatic heterocycles. The number of hydrogen-bond donors (Lipinski definition) is 2. The number of nitrogens with one attached hydrogen (secondary N) is 1. The maximum Gasteiger partial charge on any atom is 0.303 e. The van der Waals surface area contributed by atoms with Crippen LogP contribution in [0.1, 0.15) is 44.6 Å². The molecule has 0 spiro atoms. The average molecular weight is 291 g/mol. The Balaban J connectivity index is 2.05. The Morgan fingerprint density at radius 1 is 1.14 bits per heavy atom. The molecule has 21 heavy (non-hydrogen) atoms. The van der Waals surface area contributed by atoms with Crippen LogP contribution in [0.4, 0.5) is 0 Å². The van der Waals surface area contributed by atoms with Gasteiger partial charge in [0, 0.05) is 19.4 Å². The number of hydrogen-bond acceptors (Lipinski definition) is 2. The normalized spacial score (nSPS) is 11.9. The average Bonchev–Trinajstić information content (AvgIpc) is 2.46. The van der Waals surface area contributed by atoms with E-state index in [1.54, 1.807) is 0 Å². The number of aliphatic carboxylic acids is 1. The van der Waals surface area contributed by atoms with Crippen LogP contribution in [0.5, 0.6) is 0 Å². The molecule has 1 amide bonds. The van der Waals surface area contributed by atoms with Crippen molar-refractivity contribution in [3.05, 3.63) is 35.9 Å². The van der Waals surface area contributed by atoms with Gasteiger partial charge in [0.25, 0.3) is 0 Å². The van der Waals surface area contributed by atoms with E-state index in [9.17, 15) is 9.59 Å². The molecule has 0 aliphatic heterocycles. The lowest BCUT2D eigenvalue weighted by Crippen LogP contribution is -2.25. The second-order valence-corrected chi connectivity index (χ2v) is 5.52. The minimum absolute atomic E-state index is 0.0800. The van der Waals surface area contributed by atoms with Crippen LogP contribution in [0.15, 0.2) is 30.3 Å². The van der Waals surface area contributed by atoms with Crippen molar-refractivity contribution >= 4 is 11.9 Å². The molecule has 116 valence electrons. The summed E-state index contributed by atoms with van der Waals surface area (Å²) in [6, 6.07) is 10.1. The molecule has 0 aliphatic carbocycles. The Bertz CT molecular complexity index is 431. The van der Waals surface area contributed by atoms with Gasteiger partial charge in [0.1, 0.15) is 0 Å². The lowest BCUT2D eigenvalue weighted by Gasteiger charge is -2.10. The highest BCUT2D eigenvalue weighted by Gasteiger charge is 2.06. The van der Waals surface area contributed by atoms with E-state index in [1.165, 1.54) is 5.56 Å². The third-order valence-electron chi connectivity index (χ3n) is 3.52. The molecule has 0 radical (unpaired) electrons. The highest BCUT2D eigenvalue weighted by atomic mass is 16.4. The summed E-state index contributed by atoms with van der Waals surface area (Å²) in [5.41, 5.74) is 1.26.